The highest BCUT2D eigenvalue weighted by Crippen LogP contribution is 2.37. The number of nitrogens with two attached hydrogens (primary N) is 1. The lowest BCUT2D eigenvalue weighted by Crippen LogP contribution is -2.27. The van der Waals surface area contributed by atoms with Crippen molar-refractivity contribution < 1.29 is 9.47 Å². The third kappa shape index (κ3) is 2.77. The average molecular weight is 304 g/mol. The summed E-state index contributed by atoms with van der Waals surface area (Å²) in [6.07, 6.45) is 0.796. The molecule has 1 aliphatic heterocycles. The summed E-state index contributed by atoms with van der Waals surface area (Å²) in [6.45, 7) is 0.695. The van der Waals surface area contributed by atoms with E-state index in [1.165, 1.54) is 11.1 Å². The van der Waals surface area contributed by atoms with E-state index in [1.807, 2.05) is 24.3 Å². The van der Waals surface area contributed by atoms with Crippen molar-refractivity contribution in [1.29, 1.82) is 0 Å². The lowest BCUT2D eigenvalue weighted by Gasteiger charge is -2.30. The van der Waals surface area contributed by atoms with E-state index < -0.39 is 0 Å². The van der Waals surface area contributed by atoms with Gasteiger partial charge in [0, 0.05) is 0 Å². The fourth-order valence-corrected chi connectivity index (χ4v) is 2.98. The molecule has 21 heavy (non-hydrogen) atoms. The second-order valence-corrected chi connectivity index (χ2v) is 5.57. The van der Waals surface area contributed by atoms with Gasteiger partial charge in [0.2, 0.25) is 0 Å². The first-order valence-electron chi connectivity index (χ1n) is 6.99. The molecule has 0 saturated carbocycles. The summed E-state index contributed by atoms with van der Waals surface area (Å²) in [5, 5.41) is 0.582. The smallest absolute Gasteiger partial charge is 0.137 e. The highest BCUT2D eigenvalue weighted by Gasteiger charge is 2.27. The molecule has 0 spiro atoms. The zero-order chi connectivity index (χ0) is 14.8. The van der Waals surface area contributed by atoms with E-state index in [0.717, 1.165) is 12.0 Å². The summed E-state index contributed by atoms with van der Waals surface area (Å²) < 4.78 is 11.2. The molecule has 0 bridgehead atoms. The van der Waals surface area contributed by atoms with Gasteiger partial charge in [0.15, 0.2) is 0 Å². The van der Waals surface area contributed by atoms with E-state index >= 15 is 0 Å². The van der Waals surface area contributed by atoms with Crippen LogP contribution in [0.25, 0.3) is 0 Å². The first kappa shape index (κ1) is 14.4. The van der Waals surface area contributed by atoms with Crippen LogP contribution in [0.1, 0.15) is 28.8 Å². The molecule has 2 aromatic rings. The topological polar surface area (TPSA) is 44.5 Å². The zero-order valence-electron chi connectivity index (χ0n) is 11.9. The number of methoxy groups -OCH3 is 1. The van der Waals surface area contributed by atoms with Crippen LogP contribution < -0.4 is 10.5 Å². The normalized spacial score (nSPS) is 18.9. The number of halogens is 1. The van der Waals surface area contributed by atoms with Crippen LogP contribution in [0, 0.1) is 0 Å². The van der Waals surface area contributed by atoms with Crippen molar-refractivity contribution in [3.05, 3.63) is 64.2 Å². The first-order chi connectivity index (χ1) is 10.2. The van der Waals surface area contributed by atoms with Gasteiger partial charge in [-0.3, -0.25) is 0 Å². The molecule has 0 amide bonds. The molecular formula is C17H18ClNO2. The summed E-state index contributed by atoms with van der Waals surface area (Å²) in [6, 6.07) is 13.7. The van der Waals surface area contributed by atoms with Gasteiger partial charge in [-0.1, -0.05) is 41.9 Å². The molecule has 0 fully saturated rings. The quantitative estimate of drug-likeness (QED) is 0.941. The average Bonchev–Trinajstić information content (AvgIpc) is 2.54. The second-order valence-electron chi connectivity index (χ2n) is 5.16. The van der Waals surface area contributed by atoms with Crippen molar-refractivity contribution in [2.75, 3.05) is 13.7 Å². The van der Waals surface area contributed by atoms with Crippen LogP contribution >= 0.6 is 11.6 Å². The highest BCUT2D eigenvalue weighted by molar-refractivity contribution is 6.32. The Hall–Kier alpha value is -1.55. The number of hydrogen-bond acceptors (Lipinski definition) is 3. The fourth-order valence-electron chi connectivity index (χ4n) is 2.78. The van der Waals surface area contributed by atoms with Gasteiger partial charge in [0.1, 0.15) is 11.9 Å². The molecule has 2 unspecified atom stereocenters. The summed E-state index contributed by atoms with van der Waals surface area (Å²) in [5.74, 6) is 0.633. The SMILES string of the molecule is COc1cc(C(N)C2OCCc3ccccc32)ccc1Cl. The maximum Gasteiger partial charge on any atom is 0.137 e. The van der Waals surface area contributed by atoms with Gasteiger partial charge >= 0.3 is 0 Å². The molecule has 1 heterocycles. The van der Waals surface area contributed by atoms with Crippen LogP contribution in [-0.4, -0.2) is 13.7 Å². The molecule has 3 rings (SSSR count). The van der Waals surface area contributed by atoms with Gasteiger partial charge in [-0.05, 0) is 35.2 Å². The van der Waals surface area contributed by atoms with E-state index in [0.29, 0.717) is 17.4 Å². The number of rotatable bonds is 3. The molecule has 3 nitrogen and oxygen atoms in total. The molecule has 2 atom stereocenters. The molecule has 110 valence electrons. The molecule has 0 aromatic heterocycles. The highest BCUT2D eigenvalue weighted by atomic mass is 35.5. The monoisotopic (exact) mass is 303 g/mol. The number of benzene rings is 2. The van der Waals surface area contributed by atoms with E-state index in [-0.39, 0.29) is 12.1 Å². The van der Waals surface area contributed by atoms with Crippen molar-refractivity contribution >= 4 is 11.6 Å². The molecule has 1 aliphatic rings. The van der Waals surface area contributed by atoms with Crippen LogP contribution in [0.4, 0.5) is 0 Å². The molecular weight excluding hydrogens is 286 g/mol. The predicted molar refractivity (Wildman–Crippen MR) is 83.8 cm³/mol. The van der Waals surface area contributed by atoms with Crippen LogP contribution in [0.15, 0.2) is 42.5 Å². The lowest BCUT2D eigenvalue weighted by atomic mass is 9.90. The van der Waals surface area contributed by atoms with Gasteiger partial charge in [0.05, 0.1) is 24.8 Å². The van der Waals surface area contributed by atoms with Crippen LogP contribution in [0.5, 0.6) is 5.75 Å². The Labute approximate surface area is 129 Å². The Bertz CT molecular complexity index is 644. The standard InChI is InChI=1S/C17H18ClNO2/c1-20-15-10-12(6-7-14(15)18)16(19)17-13-5-3-2-4-11(13)8-9-21-17/h2-7,10,16-17H,8-9,19H2,1H3. The van der Waals surface area contributed by atoms with Gasteiger partial charge in [-0.15, -0.1) is 0 Å². The van der Waals surface area contributed by atoms with Crippen molar-refractivity contribution in [2.24, 2.45) is 5.73 Å². The third-order valence-electron chi connectivity index (χ3n) is 3.92. The molecule has 0 aliphatic carbocycles. The van der Waals surface area contributed by atoms with Crippen molar-refractivity contribution in [1.82, 2.24) is 0 Å². The van der Waals surface area contributed by atoms with Crippen molar-refractivity contribution in [2.45, 2.75) is 18.6 Å². The summed E-state index contributed by atoms with van der Waals surface area (Å²) in [7, 11) is 1.60. The Balaban J connectivity index is 1.94. The molecule has 0 radical (unpaired) electrons. The third-order valence-corrected chi connectivity index (χ3v) is 4.23. The zero-order valence-corrected chi connectivity index (χ0v) is 12.6. The minimum absolute atomic E-state index is 0.138. The summed E-state index contributed by atoms with van der Waals surface area (Å²) in [5.41, 5.74) is 9.87. The Morgan fingerprint density at radius 3 is 2.90 bits per heavy atom. The predicted octanol–water partition coefficient (Wildman–Crippen LogP) is 3.66. The minimum atomic E-state index is -0.252. The van der Waals surface area contributed by atoms with Gasteiger partial charge in [-0.2, -0.15) is 0 Å². The number of ether oxygens (including phenoxy) is 2. The van der Waals surface area contributed by atoms with Gasteiger partial charge < -0.3 is 15.2 Å². The molecule has 2 aromatic carbocycles. The number of hydrogen-bond donors (Lipinski definition) is 1. The Morgan fingerprint density at radius 1 is 1.29 bits per heavy atom. The van der Waals surface area contributed by atoms with E-state index in [4.69, 9.17) is 26.8 Å². The summed E-state index contributed by atoms with van der Waals surface area (Å²) in [4.78, 5) is 0. The fraction of sp³-hybridized carbons (Fsp3) is 0.294. The van der Waals surface area contributed by atoms with Crippen LogP contribution in [0.2, 0.25) is 5.02 Å². The molecule has 0 saturated heterocycles. The maximum atomic E-state index is 6.43. The van der Waals surface area contributed by atoms with E-state index in [1.54, 1.807) is 7.11 Å². The van der Waals surface area contributed by atoms with E-state index in [9.17, 15) is 0 Å². The minimum Gasteiger partial charge on any atom is -0.495 e. The molecule has 2 N–H and O–H groups in total. The first-order valence-corrected chi connectivity index (χ1v) is 7.37. The van der Waals surface area contributed by atoms with Crippen molar-refractivity contribution in [3.8, 4) is 5.75 Å². The Morgan fingerprint density at radius 2 is 2.10 bits per heavy atom. The Kier molecular flexibility index (Phi) is 4.15. The lowest BCUT2D eigenvalue weighted by molar-refractivity contribution is 0.0241. The molecule has 4 heteroatoms. The largest absolute Gasteiger partial charge is 0.495 e. The van der Waals surface area contributed by atoms with Crippen LogP contribution in [0.3, 0.4) is 0 Å². The maximum absolute atomic E-state index is 6.43. The number of fused-ring (bicyclic) bond motifs is 1. The second kappa shape index (κ2) is 6.06. The van der Waals surface area contributed by atoms with E-state index in [2.05, 4.69) is 18.2 Å². The van der Waals surface area contributed by atoms with Crippen molar-refractivity contribution in [3.63, 3.8) is 0 Å². The van der Waals surface area contributed by atoms with Crippen LogP contribution in [-0.2, 0) is 11.2 Å². The van der Waals surface area contributed by atoms with Gasteiger partial charge in [0.25, 0.3) is 0 Å². The summed E-state index contributed by atoms with van der Waals surface area (Å²) >= 11 is 6.07. The van der Waals surface area contributed by atoms with Gasteiger partial charge in [-0.25, -0.2) is 0 Å².